The van der Waals surface area contributed by atoms with E-state index in [0.29, 0.717) is 0 Å². The molecule has 44 heavy (non-hydrogen) atoms. The first-order valence-electron chi connectivity index (χ1n) is 15.5. The van der Waals surface area contributed by atoms with Crippen molar-refractivity contribution in [2.45, 2.75) is 26.3 Å². The van der Waals surface area contributed by atoms with E-state index < -0.39 is 0 Å². The number of hydrogen-bond donors (Lipinski definition) is 0. The fourth-order valence-electron chi connectivity index (χ4n) is 7.02. The summed E-state index contributed by atoms with van der Waals surface area (Å²) in [6.45, 7) is 3.15. The SMILES string of the molecule is CCCCn1c2ccc(N(c3ccccc3)c3ccc4ccc5cccc6ccc3c4c56)cc2c2nc3ccccc3nc21. The van der Waals surface area contributed by atoms with Crippen LogP contribution in [0.25, 0.3) is 65.4 Å². The van der Waals surface area contributed by atoms with Crippen molar-refractivity contribution < 1.29 is 0 Å². The molecule has 0 saturated heterocycles. The quantitative estimate of drug-likeness (QED) is 0.188. The highest BCUT2D eigenvalue weighted by Crippen LogP contribution is 2.44. The molecule has 9 rings (SSSR count). The standard InChI is InChI=1S/C40H30N4/c1-2-3-24-43-35-23-20-30(25-32(35)39-40(43)42-34-15-8-7-14-33(34)41-39)44(29-12-5-4-6-13-29)36-22-19-28-17-16-26-10-9-11-27-18-21-31(36)38(28)37(26)27/h4-23,25H,2-3,24H2,1H3. The molecule has 0 radical (unpaired) electrons. The molecule has 0 saturated carbocycles. The van der Waals surface area contributed by atoms with Crippen LogP contribution in [-0.4, -0.2) is 14.5 Å². The molecule has 0 N–H and O–H groups in total. The Hall–Kier alpha value is -5.48. The summed E-state index contributed by atoms with van der Waals surface area (Å²) in [6.07, 6.45) is 2.21. The first kappa shape index (κ1) is 25.1. The number of aromatic nitrogens is 3. The van der Waals surface area contributed by atoms with Crippen molar-refractivity contribution in [3.8, 4) is 0 Å². The fraction of sp³-hybridized carbons (Fsp3) is 0.100. The fourth-order valence-corrected chi connectivity index (χ4v) is 7.02. The molecule has 0 bridgehead atoms. The van der Waals surface area contributed by atoms with Crippen molar-refractivity contribution in [1.29, 1.82) is 0 Å². The Balaban J connectivity index is 1.34. The van der Waals surface area contributed by atoms with Crippen molar-refractivity contribution >= 4 is 82.5 Å². The van der Waals surface area contributed by atoms with Gasteiger partial charge < -0.3 is 9.47 Å². The van der Waals surface area contributed by atoms with E-state index in [1.807, 2.05) is 12.1 Å². The van der Waals surface area contributed by atoms with Crippen LogP contribution in [0, 0.1) is 0 Å². The van der Waals surface area contributed by atoms with Crippen LogP contribution < -0.4 is 4.90 Å². The van der Waals surface area contributed by atoms with Gasteiger partial charge in [0.1, 0.15) is 5.52 Å². The van der Waals surface area contributed by atoms with Gasteiger partial charge in [-0.3, -0.25) is 0 Å². The number of para-hydroxylation sites is 3. The van der Waals surface area contributed by atoms with Crippen molar-refractivity contribution in [3.63, 3.8) is 0 Å². The number of rotatable bonds is 6. The maximum atomic E-state index is 5.18. The molecule has 2 aromatic heterocycles. The second-order valence-electron chi connectivity index (χ2n) is 11.7. The van der Waals surface area contributed by atoms with Gasteiger partial charge in [0.2, 0.25) is 0 Å². The average molecular weight is 567 g/mol. The lowest BCUT2D eigenvalue weighted by Crippen LogP contribution is -2.10. The molecular weight excluding hydrogens is 536 g/mol. The molecule has 0 aliphatic rings. The van der Waals surface area contributed by atoms with Gasteiger partial charge in [-0.15, -0.1) is 0 Å². The number of hydrogen-bond acceptors (Lipinski definition) is 3. The number of anilines is 3. The summed E-state index contributed by atoms with van der Waals surface area (Å²) in [5.74, 6) is 0. The summed E-state index contributed by atoms with van der Waals surface area (Å²) in [6, 6.07) is 45.9. The molecule has 0 aliphatic carbocycles. The van der Waals surface area contributed by atoms with Crippen LogP contribution >= 0.6 is 0 Å². The van der Waals surface area contributed by atoms with Crippen LogP contribution in [-0.2, 0) is 6.54 Å². The van der Waals surface area contributed by atoms with Crippen molar-refractivity contribution in [2.24, 2.45) is 0 Å². The van der Waals surface area contributed by atoms with E-state index in [-0.39, 0.29) is 0 Å². The molecule has 9 aromatic rings. The van der Waals surface area contributed by atoms with E-state index in [1.54, 1.807) is 0 Å². The monoisotopic (exact) mass is 566 g/mol. The maximum absolute atomic E-state index is 5.18. The van der Waals surface area contributed by atoms with Crippen molar-refractivity contribution in [3.05, 3.63) is 127 Å². The highest BCUT2D eigenvalue weighted by molar-refractivity contribution is 6.25. The van der Waals surface area contributed by atoms with Gasteiger partial charge in [-0.05, 0) is 81.9 Å². The van der Waals surface area contributed by atoms with E-state index in [4.69, 9.17) is 9.97 Å². The minimum Gasteiger partial charge on any atom is -0.324 e. The number of nitrogens with zero attached hydrogens (tertiary/aromatic N) is 4. The number of unbranched alkanes of at least 4 members (excludes halogenated alkanes) is 1. The van der Waals surface area contributed by atoms with Crippen LogP contribution in [0.15, 0.2) is 127 Å². The van der Waals surface area contributed by atoms with Gasteiger partial charge in [-0.2, -0.15) is 0 Å². The van der Waals surface area contributed by atoms with Crippen molar-refractivity contribution in [2.75, 3.05) is 4.90 Å². The van der Waals surface area contributed by atoms with E-state index in [1.165, 1.54) is 37.8 Å². The van der Waals surface area contributed by atoms with Gasteiger partial charge in [0.05, 0.1) is 22.2 Å². The van der Waals surface area contributed by atoms with E-state index in [9.17, 15) is 0 Å². The predicted octanol–water partition coefficient (Wildman–Crippen LogP) is 10.9. The van der Waals surface area contributed by atoms with Gasteiger partial charge in [-0.1, -0.05) is 92.2 Å². The minimum absolute atomic E-state index is 0.917. The largest absolute Gasteiger partial charge is 0.324 e. The molecule has 0 unspecified atom stereocenters. The molecule has 0 aliphatic heterocycles. The molecule has 0 atom stereocenters. The first-order chi connectivity index (χ1) is 21.8. The van der Waals surface area contributed by atoms with Gasteiger partial charge in [0.15, 0.2) is 5.65 Å². The lowest BCUT2D eigenvalue weighted by Gasteiger charge is -2.28. The van der Waals surface area contributed by atoms with Crippen LogP contribution in [0.5, 0.6) is 0 Å². The summed E-state index contributed by atoms with van der Waals surface area (Å²) in [5.41, 5.74) is 8.32. The highest BCUT2D eigenvalue weighted by Gasteiger charge is 2.21. The number of fused-ring (bicyclic) bond motifs is 4. The molecule has 2 heterocycles. The van der Waals surface area contributed by atoms with E-state index in [0.717, 1.165) is 64.0 Å². The zero-order chi connectivity index (χ0) is 29.2. The van der Waals surface area contributed by atoms with Crippen LogP contribution in [0.1, 0.15) is 19.8 Å². The van der Waals surface area contributed by atoms with Crippen LogP contribution in [0.2, 0.25) is 0 Å². The minimum atomic E-state index is 0.917. The third-order valence-electron chi connectivity index (χ3n) is 9.09. The van der Waals surface area contributed by atoms with E-state index in [2.05, 4.69) is 132 Å². The molecule has 7 aromatic carbocycles. The molecule has 210 valence electrons. The van der Waals surface area contributed by atoms with Crippen LogP contribution in [0.3, 0.4) is 0 Å². The lowest BCUT2D eigenvalue weighted by atomic mass is 9.93. The van der Waals surface area contributed by atoms with Gasteiger partial charge in [0.25, 0.3) is 0 Å². The summed E-state index contributed by atoms with van der Waals surface area (Å²) < 4.78 is 2.36. The Kier molecular flexibility index (Phi) is 5.57. The molecule has 0 fully saturated rings. The summed E-state index contributed by atoms with van der Waals surface area (Å²) in [5, 5.41) is 8.82. The Labute approximate surface area is 255 Å². The number of aryl methyl sites for hydroxylation is 1. The van der Waals surface area contributed by atoms with Crippen LogP contribution in [0.4, 0.5) is 17.1 Å². The second kappa shape index (κ2) is 9.78. The lowest BCUT2D eigenvalue weighted by molar-refractivity contribution is 0.661. The first-order valence-corrected chi connectivity index (χ1v) is 15.5. The molecule has 4 nitrogen and oxygen atoms in total. The van der Waals surface area contributed by atoms with Gasteiger partial charge >= 0.3 is 0 Å². The topological polar surface area (TPSA) is 34.0 Å². The summed E-state index contributed by atoms with van der Waals surface area (Å²) in [4.78, 5) is 12.7. The summed E-state index contributed by atoms with van der Waals surface area (Å²) >= 11 is 0. The number of benzene rings is 7. The molecule has 4 heteroatoms. The summed E-state index contributed by atoms with van der Waals surface area (Å²) in [7, 11) is 0. The van der Waals surface area contributed by atoms with Gasteiger partial charge in [-0.25, -0.2) is 9.97 Å². The molecule has 0 amide bonds. The average Bonchev–Trinajstić information content (AvgIpc) is 3.37. The van der Waals surface area contributed by atoms with Gasteiger partial charge in [0, 0.05) is 28.7 Å². The third-order valence-corrected chi connectivity index (χ3v) is 9.09. The Bertz CT molecular complexity index is 2480. The zero-order valence-corrected chi connectivity index (χ0v) is 24.5. The predicted molar refractivity (Wildman–Crippen MR) is 186 cm³/mol. The molecular formula is C40H30N4. The Morgan fingerprint density at radius 1 is 0.591 bits per heavy atom. The Morgan fingerprint density at radius 2 is 1.30 bits per heavy atom. The smallest absolute Gasteiger partial charge is 0.160 e. The second-order valence-corrected chi connectivity index (χ2v) is 11.7. The van der Waals surface area contributed by atoms with E-state index >= 15 is 0 Å². The highest BCUT2D eigenvalue weighted by atomic mass is 15.1. The zero-order valence-electron chi connectivity index (χ0n) is 24.5. The van der Waals surface area contributed by atoms with Crippen molar-refractivity contribution in [1.82, 2.24) is 14.5 Å². The third kappa shape index (κ3) is 3.70. The Morgan fingerprint density at radius 3 is 2.09 bits per heavy atom. The molecule has 0 spiro atoms. The normalized spacial score (nSPS) is 12.0. The maximum Gasteiger partial charge on any atom is 0.160 e.